The Labute approximate surface area is 126 Å². The van der Waals surface area contributed by atoms with Gasteiger partial charge in [-0.1, -0.05) is 0 Å². The van der Waals surface area contributed by atoms with Gasteiger partial charge in [-0.05, 0) is 58.8 Å². The lowest BCUT2D eigenvalue weighted by molar-refractivity contribution is 0.236. The lowest BCUT2D eigenvalue weighted by atomic mass is 9.99. The fraction of sp³-hybridized carbons (Fsp3) is 0.625. The Hall–Kier alpha value is -1.46. The summed E-state index contributed by atoms with van der Waals surface area (Å²) in [5, 5.41) is 3.48. The number of piperidine rings is 1. The third kappa shape index (κ3) is 3.41. The fourth-order valence-corrected chi connectivity index (χ4v) is 3.26. The molecule has 3 heterocycles. The van der Waals surface area contributed by atoms with Crippen molar-refractivity contribution in [2.45, 2.75) is 33.2 Å². The largest absolute Gasteiger partial charge is 0.316 e. The minimum Gasteiger partial charge on any atom is -0.316 e. The number of hydrogen-bond donors (Lipinski definition) is 1. The van der Waals surface area contributed by atoms with Crippen LogP contribution < -0.4 is 5.32 Å². The molecular weight excluding hydrogens is 262 g/mol. The van der Waals surface area contributed by atoms with E-state index < -0.39 is 0 Å². The Bertz CT molecular complexity index is 612. The highest BCUT2D eigenvalue weighted by molar-refractivity contribution is 5.34. The van der Waals surface area contributed by atoms with Crippen molar-refractivity contribution < 1.29 is 0 Å². The van der Waals surface area contributed by atoms with E-state index in [0.29, 0.717) is 0 Å². The van der Waals surface area contributed by atoms with E-state index in [1.807, 2.05) is 6.92 Å². The molecule has 0 aromatic carbocycles. The van der Waals surface area contributed by atoms with Crippen LogP contribution in [0.3, 0.4) is 0 Å². The molecule has 1 unspecified atom stereocenters. The summed E-state index contributed by atoms with van der Waals surface area (Å²) < 4.78 is 2.08. The molecule has 3 rings (SSSR count). The number of aryl methyl sites for hydroxylation is 2. The molecule has 2 aromatic rings. The van der Waals surface area contributed by atoms with Crippen LogP contribution in [-0.2, 0) is 6.54 Å². The Balaban J connectivity index is 1.68. The number of hydrogen-bond acceptors (Lipinski definition) is 4. The fourth-order valence-electron chi connectivity index (χ4n) is 3.26. The summed E-state index contributed by atoms with van der Waals surface area (Å²) in [7, 11) is 2.18. The van der Waals surface area contributed by atoms with Gasteiger partial charge in [0.15, 0.2) is 0 Å². The van der Waals surface area contributed by atoms with Gasteiger partial charge in [0.1, 0.15) is 0 Å². The van der Waals surface area contributed by atoms with Gasteiger partial charge in [-0.25, -0.2) is 9.97 Å². The number of imidazole rings is 1. The minimum atomic E-state index is 0.767. The third-order valence-electron chi connectivity index (χ3n) is 4.21. The predicted octanol–water partition coefficient (Wildman–Crippen LogP) is 1.78. The molecule has 0 spiro atoms. The Morgan fingerprint density at radius 1 is 1.38 bits per heavy atom. The SMILES string of the molecule is Cc1cc(C)n2cc(CN(C)CC3CCCNC3)nc2n1. The minimum absolute atomic E-state index is 0.767. The van der Waals surface area contributed by atoms with Crippen LogP contribution in [0.4, 0.5) is 0 Å². The molecule has 2 aromatic heterocycles. The van der Waals surface area contributed by atoms with E-state index in [-0.39, 0.29) is 0 Å². The van der Waals surface area contributed by atoms with Gasteiger partial charge in [-0.2, -0.15) is 0 Å². The highest BCUT2D eigenvalue weighted by Crippen LogP contribution is 2.14. The molecule has 5 nitrogen and oxygen atoms in total. The lowest BCUT2D eigenvalue weighted by Crippen LogP contribution is -2.36. The monoisotopic (exact) mass is 287 g/mol. The number of nitrogens with zero attached hydrogens (tertiary/aromatic N) is 4. The van der Waals surface area contributed by atoms with Crippen molar-refractivity contribution in [3.8, 4) is 0 Å². The van der Waals surface area contributed by atoms with Crippen LogP contribution >= 0.6 is 0 Å². The second kappa shape index (κ2) is 6.12. The van der Waals surface area contributed by atoms with Crippen molar-refractivity contribution in [1.29, 1.82) is 0 Å². The van der Waals surface area contributed by atoms with Gasteiger partial charge in [-0.15, -0.1) is 0 Å². The molecule has 114 valence electrons. The summed E-state index contributed by atoms with van der Waals surface area (Å²) in [5.41, 5.74) is 3.32. The van der Waals surface area contributed by atoms with E-state index >= 15 is 0 Å². The highest BCUT2D eigenvalue weighted by atomic mass is 15.1. The number of rotatable bonds is 4. The molecule has 0 saturated carbocycles. The zero-order chi connectivity index (χ0) is 14.8. The Kier molecular flexibility index (Phi) is 4.22. The Morgan fingerprint density at radius 3 is 3.00 bits per heavy atom. The molecule has 0 radical (unpaired) electrons. The average molecular weight is 287 g/mol. The third-order valence-corrected chi connectivity index (χ3v) is 4.21. The van der Waals surface area contributed by atoms with Crippen molar-refractivity contribution in [3.05, 3.63) is 29.3 Å². The van der Waals surface area contributed by atoms with E-state index in [0.717, 1.165) is 42.7 Å². The predicted molar refractivity (Wildman–Crippen MR) is 84.4 cm³/mol. The van der Waals surface area contributed by atoms with E-state index in [9.17, 15) is 0 Å². The number of fused-ring (bicyclic) bond motifs is 1. The van der Waals surface area contributed by atoms with Crippen molar-refractivity contribution in [2.24, 2.45) is 5.92 Å². The average Bonchev–Trinajstić information content (AvgIpc) is 2.82. The molecule has 0 bridgehead atoms. The molecule has 21 heavy (non-hydrogen) atoms. The summed E-state index contributed by atoms with van der Waals surface area (Å²) in [6.45, 7) is 8.46. The van der Waals surface area contributed by atoms with Crippen molar-refractivity contribution in [3.63, 3.8) is 0 Å². The van der Waals surface area contributed by atoms with Crippen LogP contribution in [0.5, 0.6) is 0 Å². The maximum absolute atomic E-state index is 4.66. The molecule has 0 amide bonds. The number of aromatic nitrogens is 3. The van der Waals surface area contributed by atoms with Crippen molar-refractivity contribution in [2.75, 3.05) is 26.7 Å². The van der Waals surface area contributed by atoms with Crippen LogP contribution in [-0.4, -0.2) is 46.0 Å². The van der Waals surface area contributed by atoms with E-state index in [2.05, 4.69) is 50.8 Å². The van der Waals surface area contributed by atoms with Crippen molar-refractivity contribution >= 4 is 5.78 Å². The molecule has 5 heteroatoms. The zero-order valence-corrected chi connectivity index (χ0v) is 13.3. The first-order valence-electron chi connectivity index (χ1n) is 7.83. The molecular formula is C16H25N5. The quantitative estimate of drug-likeness (QED) is 0.931. The molecule has 1 aliphatic heterocycles. The second-order valence-corrected chi connectivity index (χ2v) is 6.35. The maximum atomic E-state index is 4.66. The van der Waals surface area contributed by atoms with Crippen LogP contribution in [0.25, 0.3) is 5.78 Å². The van der Waals surface area contributed by atoms with E-state index in [1.54, 1.807) is 0 Å². The smallest absolute Gasteiger partial charge is 0.234 e. The normalized spacial score (nSPS) is 19.5. The molecule has 1 aliphatic rings. The van der Waals surface area contributed by atoms with Crippen molar-refractivity contribution in [1.82, 2.24) is 24.6 Å². The van der Waals surface area contributed by atoms with E-state index in [1.165, 1.54) is 25.1 Å². The molecule has 1 N–H and O–H groups in total. The molecule has 1 saturated heterocycles. The lowest BCUT2D eigenvalue weighted by Gasteiger charge is -2.27. The first kappa shape index (κ1) is 14.5. The van der Waals surface area contributed by atoms with E-state index in [4.69, 9.17) is 0 Å². The number of nitrogens with one attached hydrogen (secondary N) is 1. The van der Waals surface area contributed by atoms with Crippen LogP contribution in [0.15, 0.2) is 12.3 Å². The molecule has 1 fully saturated rings. The summed E-state index contributed by atoms with van der Waals surface area (Å²) in [6, 6.07) is 2.09. The van der Waals surface area contributed by atoms with Gasteiger partial charge in [0, 0.05) is 30.7 Å². The van der Waals surface area contributed by atoms with Gasteiger partial charge in [0.25, 0.3) is 0 Å². The van der Waals surface area contributed by atoms with Gasteiger partial charge in [-0.3, -0.25) is 4.40 Å². The first-order valence-corrected chi connectivity index (χ1v) is 7.83. The summed E-state index contributed by atoms with van der Waals surface area (Å²) in [6.07, 6.45) is 4.75. The highest BCUT2D eigenvalue weighted by Gasteiger charge is 2.16. The van der Waals surface area contributed by atoms with Crippen LogP contribution in [0, 0.1) is 19.8 Å². The molecule has 1 atom stereocenters. The second-order valence-electron chi connectivity index (χ2n) is 6.35. The first-order chi connectivity index (χ1) is 10.1. The van der Waals surface area contributed by atoms with Crippen LogP contribution in [0.2, 0.25) is 0 Å². The van der Waals surface area contributed by atoms with Crippen LogP contribution in [0.1, 0.15) is 29.9 Å². The standard InChI is InChI=1S/C16H25N5/c1-12-7-13(2)21-11-15(19-16(21)18-12)10-20(3)9-14-5-4-6-17-8-14/h7,11,14,17H,4-6,8-10H2,1-3H3. The zero-order valence-electron chi connectivity index (χ0n) is 13.3. The van der Waals surface area contributed by atoms with Gasteiger partial charge in [0.2, 0.25) is 5.78 Å². The maximum Gasteiger partial charge on any atom is 0.234 e. The van der Waals surface area contributed by atoms with Gasteiger partial charge in [0.05, 0.1) is 5.69 Å². The van der Waals surface area contributed by atoms with Gasteiger partial charge < -0.3 is 10.2 Å². The topological polar surface area (TPSA) is 45.5 Å². The summed E-state index contributed by atoms with van der Waals surface area (Å²) >= 11 is 0. The molecule has 0 aliphatic carbocycles. The van der Waals surface area contributed by atoms with Gasteiger partial charge >= 0.3 is 0 Å². The summed E-state index contributed by atoms with van der Waals surface area (Å²) in [5.74, 6) is 1.58. The Morgan fingerprint density at radius 2 is 2.24 bits per heavy atom. The summed E-state index contributed by atoms with van der Waals surface area (Å²) in [4.78, 5) is 11.5.